The fourth-order valence-corrected chi connectivity index (χ4v) is 2.62. The molecule has 1 saturated heterocycles. The van der Waals surface area contributed by atoms with Crippen LogP contribution in [0.4, 0.5) is 0 Å². The van der Waals surface area contributed by atoms with Gasteiger partial charge in [-0.25, -0.2) is 0 Å². The highest BCUT2D eigenvalue weighted by molar-refractivity contribution is 5.78. The van der Waals surface area contributed by atoms with Crippen molar-refractivity contribution in [2.24, 2.45) is 5.92 Å². The Labute approximate surface area is 115 Å². The third-order valence-corrected chi connectivity index (χ3v) is 3.97. The van der Waals surface area contributed by atoms with E-state index in [0.29, 0.717) is 13.0 Å². The standard InChI is InChI=1S/C16H23NO2/c1-12-5-7-14(8-6-12)10-16(19)17-9-3-4-15(11-17)13(2)18/h5-8,13,15,18H,3-4,9-11H2,1-2H3. The maximum absolute atomic E-state index is 12.3. The molecule has 0 radical (unpaired) electrons. The normalized spacial score (nSPS) is 21.2. The van der Waals surface area contributed by atoms with Crippen LogP contribution in [0.3, 0.4) is 0 Å². The molecule has 2 atom stereocenters. The van der Waals surface area contributed by atoms with Crippen LogP contribution >= 0.6 is 0 Å². The zero-order valence-corrected chi connectivity index (χ0v) is 11.8. The van der Waals surface area contributed by atoms with Crippen LogP contribution in [0.15, 0.2) is 24.3 Å². The molecule has 1 aliphatic rings. The van der Waals surface area contributed by atoms with Crippen LogP contribution < -0.4 is 0 Å². The molecule has 1 amide bonds. The first-order chi connectivity index (χ1) is 9.06. The highest BCUT2D eigenvalue weighted by Crippen LogP contribution is 2.20. The molecule has 19 heavy (non-hydrogen) atoms. The number of piperidine rings is 1. The van der Waals surface area contributed by atoms with E-state index < -0.39 is 0 Å². The van der Waals surface area contributed by atoms with Crippen LogP contribution in [0, 0.1) is 12.8 Å². The van der Waals surface area contributed by atoms with E-state index in [1.165, 1.54) is 5.56 Å². The number of amides is 1. The molecule has 1 fully saturated rings. The van der Waals surface area contributed by atoms with Crippen molar-refractivity contribution in [2.45, 2.75) is 39.2 Å². The van der Waals surface area contributed by atoms with E-state index in [1.54, 1.807) is 0 Å². The van der Waals surface area contributed by atoms with E-state index in [1.807, 2.05) is 43.0 Å². The fourth-order valence-electron chi connectivity index (χ4n) is 2.62. The molecule has 1 heterocycles. The van der Waals surface area contributed by atoms with Crippen molar-refractivity contribution in [3.05, 3.63) is 35.4 Å². The van der Waals surface area contributed by atoms with Crippen LogP contribution in [-0.2, 0) is 11.2 Å². The van der Waals surface area contributed by atoms with Gasteiger partial charge in [-0.05, 0) is 32.3 Å². The molecule has 104 valence electrons. The number of aryl methyl sites for hydroxylation is 1. The van der Waals surface area contributed by atoms with Gasteiger partial charge >= 0.3 is 0 Å². The molecule has 1 N–H and O–H groups in total. The minimum atomic E-state index is -0.324. The van der Waals surface area contributed by atoms with E-state index in [9.17, 15) is 9.90 Å². The summed E-state index contributed by atoms with van der Waals surface area (Å²) < 4.78 is 0. The van der Waals surface area contributed by atoms with Gasteiger partial charge in [-0.2, -0.15) is 0 Å². The summed E-state index contributed by atoms with van der Waals surface area (Å²) in [6.07, 6.45) is 2.16. The van der Waals surface area contributed by atoms with Crippen molar-refractivity contribution in [1.29, 1.82) is 0 Å². The molecule has 2 unspecified atom stereocenters. The topological polar surface area (TPSA) is 40.5 Å². The number of nitrogens with zero attached hydrogens (tertiary/aromatic N) is 1. The Morgan fingerprint density at radius 3 is 2.74 bits per heavy atom. The van der Waals surface area contributed by atoms with Gasteiger partial charge < -0.3 is 10.0 Å². The number of carbonyl (C=O) groups excluding carboxylic acids is 1. The van der Waals surface area contributed by atoms with Gasteiger partial charge in [0.25, 0.3) is 0 Å². The van der Waals surface area contributed by atoms with Crippen molar-refractivity contribution >= 4 is 5.91 Å². The maximum atomic E-state index is 12.3. The number of rotatable bonds is 3. The summed E-state index contributed by atoms with van der Waals surface area (Å²) in [6.45, 7) is 5.39. The van der Waals surface area contributed by atoms with Gasteiger partial charge in [0.05, 0.1) is 12.5 Å². The Bertz CT molecular complexity index is 425. The molecule has 3 heteroatoms. The van der Waals surface area contributed by atoms with Gasteiger partial charge in [-0.3, -0.25) is 4.79 Å². The summed E-state index contributed by atoms with van der Waals surface area (Å²) >= 11 is 0. The second-order valence-corrected chi connectivity index (χ2v) is 5.65. The van der Waals surface area contributed by atoms with E-state index in [2.05, 4.69) is 0 Å². The second kappa shape index (κ2) is 6.20. The highest BCUT2D eigenvalue weighted by Gasteiger charge is 2.26. The number of benzene rings is 1. The Kier molecular flexibility index (Phi) is 4.59. The summed E-state index contributed by atoms with van der Waals surface area (Å²) in [4.78, 5) is 14.2. The lowest BCUT2D eigenvalue weighted by atomic mass is 9.93. The summed E-state index contributed by atoms with van der Waals surface area (Å²) in [7, 11) is 0. The summed E-state index contributed by atoms with van der Waals surface area (Å²) in [5, 5.41) is 9.66. The third kappa shape index (κ3) is 3.80. The Hall–Kier alpha value is -1.35. The van der Waals surface area contributed by atoms with Crippen molar-refractivity contribution in [3.63, 3.8) is 0 Å². The molecule has 1 aromatic rings. The van der Waals surface area contributed by atoms with Crippen molar-refractivity contribution < 1.29 is 9.90 Å². The lowest BCUT2D eigenvalue weighted by Gasteiger charge is -2.34. The number of aliphatic hydroxyl groups excluding tert-OH is 1. The molecule has 2 rings (SSSR count). The van der Waals surface area contributed by atoms with Crippen molar-refractivity contribution in [1.82, 2.24) is 4.90 Å². The Morgan fingerprint density at radius 1 is 1.42 bits per heavy atom. The first-order valence-electron chi connectivity index (χ1n) is 7.07. The lowest BCUT2D eigenvalue weighted by Crippen LogP contribution is -2.43. The van der Waals surface area contributed by atoms with Gasteiger partial charge in [0.1, 0.15) is 0 Å². The second-order valence-electron chi connectivity index (χ2n) is 5.65. The minimum absolute atomic E-state index is 0.175. The minimum Gasteiger partial charge on any atom is -0.393 e. The smallest absolute Gasteiger partial charge is 0.227 e. The Balaban J connectivity index is 1.94. The van der Waals surface area contributed by atoms with Crippen LogP contribution in [0.2, 0.25) is 0 Å². The zero-order chi connectivity index (χ0) is 13.8. The predicted octanol–water partition coefficient (Wildman–Crippen LogP) is 2.16. The molecule has 0 spiro atoms. The number of likely N-dealkylation sites (tertiary alicyclic amines) is 1. The fraction of sp³-hybridized carbons (Fsp3) is 0.562. The first kappa shape index (κ1) is 14.1. The molecule has 0 aromatic heterocycles. The zero-order valence-electron chi connectivity index (χ0n) is 11.8. The summed E-state index contributed by atoms with van der Waals surface area (Å²) in [5.41, 5.74) is 2.28. The van der Waals surface area contributed by atoms with Crippen LogP contribution in [0.5, 0.6) is 0 Å². The summed E-state index contributed by atoms with van der Waals surface area (Å²) in [6, 6.07) is 8.11. The van der Waals surface area contributed by atoms with E-state index in [-0.39, 0.29) is 17.9 Å². The third-order valence-electron chi connectivity index (χ3n) is 3.97. The molecular formula is C16H23NO2. The molecular weight excluding hydrogens is 238 g/mol. The van der Waals surface area contributed by atoms with Gasteiger partial charge in [0, 0.05) is 19.0 Å². The average Bonchev–Trinajstić information content (AvgIpc) is 2.41. The molecule has 1 aliphatic heterocycles. The van der Waals surface area contributed by atoms with Crippen molar-refractivity contribution in [2.75, 3.05) is 13.1 Å². The quantitative estimate of drug-likeness (QED) is 0.905. The average molecular weight is 261 g/mol. The van der Waals surface area contributed by atoms with Gasteiger partial charge in [0.2, 0.25) is 5.91 Å². The molecule has 0 bridgehead atoms. The lowest BCUT2D eigenvalue weighted by molar-refractivity contribution is -0.133. The molecule has 0 aliphatic carbocycles. The molecule has 1 aromatic carbocycles. The number of aliphatic hydroxyl groups is 1. The Morgan fingerprint density at radius 2 is 2.11 bits per heavy atom. The monoisotopic (exact) mass is 261 g/mol. The van der Waals surface area contributed by atoms with Crippen LogP contribution in [-0.4, -0.2) is 35.1 Å². The van der Waals surface area contributed by atoms with Gasteiger partial charge in [0.15, 0.2) is 0 Å². The molecule has 3 nitrogen and oxygen atoms in total. The number of carbonyl (C=O) groups is 1. The SMILES string of the molecule is Cc1ccc(CC(=O)N2CCCC(C(C)O)C2)cc1. The highest BCUT2D eigenvalue weighted by atomic mass is 16.3. The first-order valence-corrected chi connectivity index (χ1v) is 7.07. The van der Waals surface area contributed by atoms with E-state index in [4.69, 9.17) is 0 Å². The van der Waals surface area contributed by atoms with E-state index >= 15 is 0 Å². The van der Waals surface area contributed by atoms with Crippen molar-refractivity contribution in [3.8, 4) is 0 Å². The van der Waals surface area contributed by atoms with Crippen LogP contribution in [0.1, 0.15) is 30.9 Å². The summed E-state index contributed by atoms with van der Waals surface area (Å²) in [5.74, 6) is 0.407. The number of hydrogen-bond acceptors (Lipinski definition) is 2. The van der Waals surface area contributed by atoms with E-state index in [0.717, 1.165) is 24.9 Å². The maximum Gasteiger partial charge on any atom is 0.227 e. The molecule has 0 saturated carbocycles. The largest absolute Gasteiger partial charge is 0.393 e. The number of hydrogen-bond donors (Lipinski definition) is 1. The van der Waals surface area contributed by atoms with Gasteiger partial charge in [-0.1, -0.05) is 29.8 Å². The van der Waals surface area contributed by atoms with Gasteiger partial charge in [-0.15, -0.1) is 0 Å². The van der Waals surface area contributed by atoms with Crippen LogP contribution in [0.25, 0.3) is 0 Å². The predicted molar refractivity (Wildman–Crippen MR) is 75.9 cm³/mol.